The van der Waals surface area contributed by atoms with Crippen molar-refractivity contribution in [3.63, 3.8) is 0 Å². The monoisotopic (exact) mass is 1200 g/mol. The Hall–Kier alpha value is -6.03. The lowest BCUT2D eigenvalue weighted by Crippen LogP contribution is -2.66. The highest BCUT2D eigenvalue weighted by Gasteiger charge is 2.47. The largest absolute Gasteiger partial charge is 0.370 e. The van der Waals surface area contributed by atoms with Crippen LogP contribution < -0.4 is 41.7 Å². The van der Waals surface area contributed by atoms with E-state index in [1.54, 1.807) is 30.1 Å². The number of hydrogen-bond donors (Lipinski definition) is 6. The lowest BCUT2D eigenvalue weighted by Gasteiger charge is -2.48. The van der Waals surface area contributed by atoms with Crippen LogP contribution in [0.25, 0.3) is 0 Å². The molecule has 5 amide bonds. The molecule has 6 heterocycles. The maximum Gasteiger partial charge on any atom is 0.246 e. The Labute approximate surface area is 513 Å². The minimum Gasteiger partial charge on any atom is -0.370 e. The van der Waals surface area contributed by atoms with E-state index in [1.807, 2.05) is 18.2 Å². The van der Waals surface area contributed by atoms with Crippen molar-refractivity contribution in [2.45, 2.75) is 172 Å². The van der Waals surface area contributed by atoms with E-state index in [0.717, 1.165) is 140 Å². The van der Waals surface area contributed by atoms with Crippen molar-refractivity contribution in [2.75, 3.05) is 108 Å². The molecule has 5 saturated heterocycles. The van der Waals surface area contributed by atoms with Crippen molar-refractivity contribution in [1.29, 1.82) is 0 Å². The van der Waals surface area contributed by atoms with Crippen molar-refractivity contribution < 1.29 is 32.8 Å². The molecule has 5 aliphatic heterocycles. The number of likely N-dealkylation sites (N-methyl/N-ethyl adjacent to an activating group) is 1. The molecule has 2 unspecified atom stereocenters. The highest BCUT2D eigenvalue weighted by molar-refractivity contribution is 5.94. The minimum atomic E-state index is -0.787. The Morgan fingerprint density at radius 1 is 0.839 bits per heavy atom. The number of likely N-dealkylation sites (tertiary alicyclic amines) is 3. The Morgan fingerprint density at radius 3 is 2.33 bits per heavy atom. The van der Waals surface area contributed by atoms with E-state index < -0.39 is 41.3 Å². The van der Waals surface area contributed by atoms with E-state index in [0.29, 0.717) is 68.9 Å². The fraction of sp³-hybridized carbons (Fsp3) is 0.682. The minimum absolute atomic E-state index is 0.0257. The third kappa shape index (κ3) is 15.0. The fourth-order valence-electron chi connectivity index (χ4n) is 15.8. The zero-order chi connectivity index (χ0) is 61.0. The fourth-order valence-corrected chi connectivity index (χ4v) is 15.8. The van der Waals surface area contributed by atoms with Gasteiger partial charge in [-0.05, 0) is 164 Å². The van der Waals surface area contributed by atoms with Gasteiger partial charge in [0.1, 0.15) is 41.7 Å². The summed E-state index contributed by atoms with van der Waals surface area (Å²) in [5.74, 6) is 0.592. The van der Waals surface area contributed by atoms with Gasteiger partial charge in [0.05, 0.1) is 36.4 Å². The first-order valence-corrected chi connectivity index (χ1v) is 32.8. The molecule has 11 rings (SSSR count). The van der Waals surface area contributed by atoms with E-state index in [2.05, 4.69) is 94.5 Å². The normalized spacial score (nSPS) is 26.5. The van der Waals surface area contributed by atoms with Gasteiger partial charge in [-0.15, -0.1) is 0 Å². The zero-order valence-corrected chi connectivity index (χ0v) is 52.2. The van der Waals surface area contributed by atoms with Gasteiger partial charge in [-0.1, -0.05) is 57.4 Å². The number of benzene rings is 2. The topological polar surface area (TPSA) is 203 Å². The summed E-state index contributed by atoms with van der Waals surface area (Å²) in [7, 11) is 3.94. The summed E-state index contributed by atoms with van der Waals surface area (Å²) in [5.41, 5.74) is 2.53. The highest BCUT2D eigenvalue weighted by atomic mass is 19.1. The van der Waals surface area contributed by atoms with Gasteiger partial charge in [0, 0.05) is 82.1 Å². The SMILES string of the molecule is CN[C@@H](C)C(=O)N[C@H](C(=O)N1CC(NC(=O)CN2C[C@H]3CC(N(C)CCCNc4cc(N5CCC6(CC5)CN(c5cc(F)c(CN7CCC(C)(C)CC7)cc5F)CC(=O)N6)ncn4)C[C@H]3C2)C[C@H]1C(=O)N[C@H]1CCCc2ccccc21)C1CCCCC1. The Morgan fingerprint density at radius 2 is 1.59 bits per heavy atom. The molecule has 19 nitrogen and oxygen atoms in total. The predicted octanol–water partition coefficient (Wildman–Crippen LogP) is 5.75. The van der Waals surface area contributed by atoms with Crippen molar-refractivity contribution in [2.24, 2.45) is 23.2 Å². The maximum absolute atomic E-state index is 15.8. The quantitative estimate of drug-likeness (QED) is 0.0747. The number of aromatic nitrogens is 2. The molecule has 21 heteroatoms. The Bertz CT molecular complexity index is 2910. The van der Waals surface area contributed by atoms with Gasteiger partial charge in [0.15, 0.2) is 0 Å². The number of carbonyl (C=O) groups excluding carboxylic acids is 5. The van der Waals surface area contributed by atoms with Gasteiger partial charge in [-0.3, -0.25) is 33.8 Å². The number of nitrogens with one attached hydrogen (secondary N) is 6. The van der Waals surface area contributed by atoms with Crippen molar-refractivity contribution in [3.05, 3.63) is 77.1 Å². The van der Waals surface area contributed by atoms with Crippen LogP contribution in [0.15, 0.2) is 48.8 Å². The Kier molecular flexibility index (Phi) is 19.7. The molecular weight excluding hydrogens is 1110 g/mol. The lowest BCUT2D eigenvalue weighted by molar-refractivity contribution is -0.143. The van der Waals surface area contributed by atoms with Crippen molar-refractivity contribution in [1.82, 2.24) is 56.2 Å². The van der Waals surface area contributed by atoms with Crippen LogP contribution in [0.2, 0.25) is 0 Å². The zero-order valence-electron chi connectivity index (χ0n) is 52.2. The molecule has 3 aromatic rings. The second-order valence-electron chi connectivity index (χ2n) is 27.9. The smallest absolute Gasteiger partial charge is 0.246 e. The summed E-state index contributed by atoms with van der Waals surface area (Å²) < 4.78 is 31.4. The van der Waals surface area contributed by atoms with Gasteiger partial charge in [-0.2, -0.15) is 0 Å². The molecule has 6 N–H and O–H groups in total. The van der Waals surface area contributed by atoms with Crippen molar-refractivity contribution in [3.8, 4) is 0 Å². The molecule has 0 radical (unpaired) electrons. The van der Waals surface area contributed by atoms with Gasteiger partial charge < -0.3 is 51.5 Å². The summed E-state index contributed by atoms with van der Waals surface area (Å²) >= 11 is 0. The number of fused-ring (bicyclic) bond motifs is 2. The summed E-state index contributed by atoms with van der Waals surface area (Å²) in [5, 5.41) is 19.4. The standard InChI is InChI=1S/C66H96F2N14O5/c1-43(69-4)62(85)75-61(45-14-7-6-8-15-45)64(87)82-38-49(32-56(82)63(86)74-54-18-11-16-44-13-9-10-17-51(44)54)73-59(83)39-79-35-46-29-50(30-47(46)36-79)77(5)24-12-23-70-57-34-58(72-42-71-57)80-27-21-66(22-28-80)41-81(40-60(84)76-66)55-33-52(67)48(31-53(55)68)37-78-25-19-65(2,3)20-26-78/h9-10,13,17,31,33-34,42-43,45-47,49-50,54,56,61,69H,6-8,11-12,14-16,18-30,32,35-41H2,1-5H3,(H,73,83)(H,74,86)(H,75,85)(H,76,84)(H,70,71,72)/t43-,46-,47+,49?,50?,54-,56-,61-/m0/s1. The van der Waals surface area contributed by atoms with E-state index >= 15 is 8.78 Å². The number of amides is 5. The predicted molar refractivity (Wildman–Crippen MR) is 333 cm³/mol. The first kappa shape index (κ1) is 62.6. The second-order valence-corrected chi connectivity index (χ2v) is 27.9. The molecule has 8 atom stereocenters. The number of hydrogen-bond acceptors (Lipinski definition) is 14. The number of piperidine rings is 2. The molecule has 3 aliphatic carbocycles. The van der Waals surface area contributed by atoms with E-state index in [1.165, 1.54) is 17.7 Å². The van der Waals surface area contributed by atoms with Crippen LogP contribution in [0.1, 0.15) is 140 Å². The molecule has 87 heavy (non-hydrogen) atoms. The van der Waals surface area contributed by atoms with Crippen LogP contribution in [0, 0.1) is 34.8 Å². The molecule has 7 fully saturated rings. The average molecular weight is 1200 g/mol. The number of rotatable bonds is 20. The van der Waals surface area contributed by atoms with Crippen LogP contribution in [0.5, 0.6) is 0 Å². The van der Waals surface area contributed by atoms with Crippen LogP contribution >= 0.6 is 0 Å². The van der Waals surface area contributed by atoms with Crippen LogP contribution in [0.3, 0.4) is 0 Å². The first-order valence-electron chi connectivity index (χ1n) is 32.8. The van der Waals surface area contributed by atoms with Gasteiger partial charge in [-0.25, -0.2) is 18.7 Å². The van der Waals surface area contributed by atoms with E-state index in [9.17, 15) is 24.0 Å². The Balaban J connectivity index is 0.622. The number of aryl methyl sites for hydroxylation is 1. The summed E-state index contributed by atoms with van der Waals surface area (Å²) in [6.45, 7) is 13.8. The van der Waals surface area contributed by atoms with Crippen LogP contribution in [-0.2, 0) is 36.9 Å². The summed E-state index contributed by atoms with van der Waals surface area (Å²) in [4.78, 5) is 91.5. The maximum atomic E-state index is 15.8. The number of nitrogens with zero attached hydrogens (tertiary/aromatic N) is 8. The van der Waals surface area contributed by atoms with Gasteiger partial charge in [0.25, 0.3) is 0 Å². The average Bonchev–Trinajstić information content (AvgIpc) is 3.15. The third-order valence-electron chi connectivity index (χ3n) is 21.2. The molecule has 2 aromatic carbocycles. The third-order valence-corrected chi connectivity index (χ3v) is 21.2. The molecule has 1 aromatic heterocycles. The summed E-state index contributed by atoms with van der Waals surface area (Å²) in [6, 6.07) is 10.7. The highest BCUT2D eigenvalue weighted by Crippen LogP contribution is 2.41. The molecule has 474 valence electrons. The van der Waals surface area contributed by atoms with Gasteiger partial charge >= 0.3 is 0 Å². The number of carbonyl (C=O) groups is 5. The number of piperazine rings is 1. The van der Waals surface area contributed by atoms with E-state index in [4.69, 9.17) is 0 Å². The molecular formula is C66H96F2N14O5. The van der Waals surface area contributed by atoms with E-state index in [-0.39, 0.29) is 72.2 Å². The van der Waals surface area contributed by atoms with Crippen LogP contribution in [-0.4, -0.2) is 187 Å². The van der Waals surface area contributed by atoms with Crippen molar-refractivity contribution >= 4 is 46.9 Å². The van der Waals surface area contributed by atoms with Gasteiger partial charge in [0.2, 0.25) is 29.5 Å². The second kappa shape index (κ2) is 27.4. The lowest BCUT2D eigenvalue weighted by atomic mass is 9.82. The molecule has 1 spiro atoms. The number of anilines is 3. The summed E-state index contributed by atoms with van der Waals surface area (Å²) in [6.07, 6.45) is 15.7. The van der Waals surface area contributed by atoms with Crippen LogP contribution in [0.4, 0.5) is 26.1 Å². The first-order chi connectivity index (χ1) is 41.9. The molecule has 0 bridgehead atoms. The molecule has 8 aliphatic rings. The molecule has 2 saturated carbocycles. The number of halogens is 2.